The molecule has 3 aromatic rings. The summed E-state index contributed by atoms with van der Waals surface area (Å²) in [5, 5.41) is 16.8. The Hall–Kier alpha value is -3.10. The Kier molecular flexibility index (Phi) is 5.41. The number of hydrogen-bond donors (Lipinski definition) is 2. The zero-order valence-corrected chi connectivity index (χ0v) is 15.8. The van der Waals surface area contributed by atoms with E-state index in [0.717, 1.165) is 43.3 Å². The van der Waals surface area contributed by atoms with E-state index in [9.17, 15) is 10.1 Å². The summed E-state index contributed by atoms with van der Waals surface area (Å²) in [6, 6.07) is 20.2. The molecular formula is C23H24N4O. The number of fused-ring (bicyclic) bond motifs is 1. The molecule has 0 bridgehead atoms. The molecule has 28 heavy (non-hydrogen) atoms. The van der Waals surface area contributed by atoms with Gasteiger partial charge in [0.15, 0.2) is 0 Å². The quantitative estimate of drug-likeness (QED) is 0.722. The van der Waals surface area contributed by atoms with Crippen LogP contribution in [0.15, 0.2) is 54.6 Å². The van der Waals surface area contributed by atoms with Crippen molar-refractivity contribution in [1.29, 1.82) is 5.26 Å². The van der Waals surface area contributed by atoms with Crippen molar-refractivity contribution in [2.75, 3.05) is 13.1 Å². The largest absolute Gasteiger partial charge is 0.348 e. The SMILES string of the molecule is N#Cc1ccc2cc(C(=O)NC3CCNCC3)n(CCc3ccccc3)c2c1. The minimum absolute atomic E-state index is 0.0327. The molecule has 142 valence electrons. The molecule has 2 heterocycles. The molecule has 0 spiro atoms. The number of aryl methyl sites for hydroxylation is 2. The summed E-state index contributed by atoms with van der Waals surface area (Å²) in [5.74, 6) is -0.0327. The fraction of sp³-hybridized carbons (Fsp3) is 0.304. The summed E-state index contributed by atoms with van der Waals surface area (Å²) in [6.45, 7) is 2.57. The fourth-order valence-electron chi connectivity index (χ4n) is 3.86. The third-order valence-corrected chi connectivity index (χ3v) is 5.41. The Morgan fingerprint density at radius 1 is 1.14 bits per heavy atom. The molecule has 1 aliphatic heterocycles. The predicted octanol–water partition coefficient (Wildman–Crippen LogP) is 3.24. The number of piperidine rings is 1. The Morgan fingerprint density at radius 2 is 1.93 bits per heavy atom. The number of rotatable bonds is 5. The lowest BCUT2D eigenvalue weighted by molar-refractivity contribution is 0.0920. The topological polar surface area (TPSA) is 69.8 Å². The van der Waals surface area contributed by atoms with Crippen LogP contribution in [0.5, 0.6) is 0 Å². The maximum atomic E-state index is 13.1. The monoisotopic (exact) mass is 372 g/mol. The van der Waals surface area contributed by atoms with Crippen molar-refractivity contribution in [2.24, 2.45) is 0 Å². The van der Waals surface area contributed by atoms with E-state index in [-0.39, 0.29) is 11.9 Å². The molecule has 5 heteroatoms. The van der Waals surface area contributed by atoms with Crippen LogP contribution in [-0.4, -0.2) is 29.6 Å². The minimum Gasteiger partial charge on any atom is -0.348 e. The lowest BCUT2D eigenvalue weighted by Crippen LogP contribution is -2.43. The third-order valence-electron chi connectivity index (χ3n) is 5.41. The van der Waals surface area contributed by atoms with Gasteiger partial charge < -0.3 is 15.2 Å². The lowest BCUT2D eigenvalue weighted by atomic mass is 10.1. The molecule has 2 aromatic carbocycles. The molecule has 0 saturated carbocycles. The van der Waals surface area contributed by atoms with Crippen molar-refractivity contribution in [3.63, 3.8) is 0 Å². The van der Waals surface area contributed by atoms with Gasteiger partial charge in [-0.15, -0.1) is 0 Å². The van der Waals surface area contributed by atoms with Gasteiger partial charge in [0.25, 0.3) is 5.91 Å². The number of carbonyl (C=O) groups is 1. The molecule has 1 amide bonds. The number of nitrogens with zero attached hydrogens (tertiary/aromatic N) is 2. The smallest absolute Gasteiger partial charge is 0.268 e. The molecule has 0 radical (unpaired) electrons. The van der Waals surface area contributed by atoms with Crippen LogP contribution in [0.1, 0.15) is 34.5 Å². The molecule has 0 unspecified atom stereocenters. The van der Waals surface area contributed by atoms with E-state index in [1.807, 2.05) is 36.4 Å². The van der Waals surface area contributed by atoms with Gasteiger partial charge >= 0.3 is 0 Å². The molecule has 1 saturated heterocycles. The maximum Gasteiger partial charge on any atom is 0.268 e. The van der Waals surface area contributed by atoms with Crippen LogP contribution in [0, 0.1) is 11.3 Å². The van der Waals surface area contributed by atoms with Gasteiger partial charge in [-0.05, 0) is 56.1 Å². The molecule has 0 aliphatic carbocycles. The molecule has 2 N–H and O–H groups in total. The van der Waals surface area contributed by atoms with Crippen LogP contribution >= 0.6 is 0 Å². The normalized spacial score (nSPS) is 14.7. The van der Waals surface area contributed by atoms with Crippen LogP contribution in [0.4, 0.5) is 0 Å². The van der Waals surface area contributed by atoms with Gasteiger partial charge in [0.2, 0.25) is 0 Å². The Bertz CT molecular complexity index is 1010. The van der Waals surface area contributed by atoms with E-state index < -0.39 is 0 Å². The van der Waals surface area contributed by atoms with E-state index in [1.165, 1.54) is 5.56 Å². The maximum absolute atomic E-state index is 13.1. The Balaban J connectivity index is 1.65. The average molecular weight is 372 g/mol. The highest BCUT2D eigenvalue weighted by molar-refractivity contribution is 5.99. The van der Waals surface area contributed by atoms with Gasteiger partial charge in [0, 0.05) is 23.5 Å². The average Bonchev–Trinajstić information content (AvgIpc) is 3.11. The molecule has 0 atom stereocenters. The van der Waals surface area contributed by atoms with Gasteiger partial charge in [-0.25, -0.2) is 0 Å². The van der Waals surface area contributed by atoms with Crippen LogP contribution in [0.25, 0.3) is 10.9 Å². The summed E-state index contributed by atoms with van der Waals surface area (Å²) in [5.41, 5.74) is 3.44. The first-order valence-electron chi connectivity index (χ1n) is 9.83. The third kappa shape index (κ3) is 3.92. The van der Waals surface area contributed by atoms with Crippen molar-refractivity contribution in [3.05, 3.63) is 71.4 Å². The van der Waals surface area contributed by atoms with E-state index in [1.54, 1.807) is 6.07 Å². The first-order chi connectivity index (χ1) is 13.7. The number of hydrogen-bond acceptors (Lipinski definition) is 3. The van der Waals surface area contributed by atoms with Gasteiger partial charge in [-0.3, -0.25) is 4.79 Å². The van der Waals surface area contributed by atoms with Crippen LogP contribution in [0.2, 0.25) is 0 Å². The zero-order valence-electron chi connectivity index (χ0n) is 15.8. The first-order valence-corrected chi connectivity index (χ1v) is 9.83. The van der Waals surface area contributed by atoms with Crippen molar-refractivity contribution in [2.45, 2.75) is 31.8 Å². The van der Waals surface area contributed by atoms with Crippen molar-refractivity contribution in [1.82, 2.24) is 15.2 Å². The highest BCUT2D eigenvalue weighted by atomic mass is 16.2. The fourth-order valence-corrected chi connectivity index (χ4v) is 3.86. The molecule has 1 aromatic heterocycles. The van der Waals surface area contributed by atoms with Crippen molar-refractivity contribution < 1.29 is 4.79 Å². The summed E-state index contributed by atoms with van der Waals surface area (Å²) < 4.78 is 2.06. The van der Waals surface area contributed by atoms with Gasteiger partial charge in [0.1, 0.15) is 5.69 Å². The highest BCUT2D eigenvalue weighted by Gasteiger charge is 2.20. The highest BCUT2D eigenvalue weighted by Crippen LogP contribution is 2.23. The van der Waals surface area contributed by atoms with Crippen molar-refractivity contribution in [3.8, 4) is 6.07 Å². The van der Waals surface area contributed by atoms with E-state index in [2.05, 4.69) is 33.4 Å². The van der Waals surface area contributed by atoms with Gasteiger partial charge in [-0.1, -0.05) is 36.4 Å². The second-order valence-electron chi connectivity index (χ2n) is 7.30. The van der Waals surface area contributed by atoms with Gasteiger partial charge in [-0.2, -0.15) is 5.26 Å². The number of nitrogens with one attached hydrogen (secondary N) is 2. The molecular weight excluding hydrogens is 348 g/mol. The minimum atomic E-state index is -0.0327. The predicted molar refractivity (Wildman–Crippen MR) is 110 cm³/mol. The number of nitriles is 1. The standard InChI is InChI=1S/C23H24N4O/c24-16-18-6-7-19-15-22(23(28)26-20-8-11-25-12-9-20)27(21(19)14-18)13-10-17-4-2-1-3-5-17/h1-7,14-15,20,25H,8-13H2,(H,26,28). The Morgan fingerprint density at radius 3 is 2.68 bits per heavy atom. The van der Waals surface area contributed by atoms with E-state index >= 15 is 0 Å². The van der Waals surface area contributed by atoms with E-state index in [4.69, 9.17) is 0 Å². The molecule has 4 rings (SSSR count). The van der Waals surface area contributed by atoms with E-state index in [0.29, 0.717) is 17.8 Å². The number of benzene rings is 2. The Labute approximate surface area is 165 Å². The summed E-state index contributed by atoms with van der Waals surface area (Å²) in [4.78, 5) is 13.1. The number of aromatic nitrogens is 1. The number of amides is 1. The molecule has 5 nitrogen and oxygen atoms in total. The van der Waals surface area contributed by atoms with Crippen LogP contribution < -0.4 is 10.6 Å². The summed E-state index contributed by atoms with van der Waals surface area (Å²) in [7, 11) is 0. The van der Waals surface area contributed by atoms with Crippen LogP contribution in [0.3, 0.4) is 0 Å². The van der Waals surface area contributed by atoms with Crippen LogP contribution in [-0.2, 0) is 13.0 Å². The summed E-state index contributed by atoms with van der Waals surface area (Å²) >= 11 is 0. The van der Waals surface area contributed by atoms with Gasteiger partial charge in [0.05, 0.1) is 11.6 Å². The summed E-state index contributed by atoms with van der Waals surface area (Å²) in [6.07, 6.45) is 2.73. The number of carbonyl (C=O) groups excluding carboxylic acids is 1. The first kappa shape index (κ1) is 18.3. The lowest BCUT2D eigenvalue weighted by Gasteiger charge is -2.24. The molecule has 1 aliphatic rings. The zero-order chi connectivity index (χ0) is 19.3. The van der Waals surface area contributed by atoms with Crippen molar-refractivity contribution >= 4 is 16.8 Å². The second kappa shape index (κ2) is 8.28. The second-order valence-corrected chi connectivity index (χ2v) is 7.30. The molecule has 1 fully saturated rings.